The first-order valence-corrected chi connectivity index (χ1v) is 7.08. The zero-order valence-corrected chi connectivity index (χ0v) is 12.5. The molecule has 0 aromatic heterocycles. The van der Waals surface area contributed by atoms with Gasteiger partial charge in [-0.2, -0.15) is 5.26 Å². The predicted molar refractivity (Wildman–Crippen MR) is 75.5 cm³/mol. The van der Waals surface area contributed by atoms with Crippen molar-refractivity contribution in [1.29, 1.82) is 5.26 Å². The first-order chi connectivity index (χ1) is 8.61. The third-order valence-corrected chi connectivity index (χ3v) is 3.17. The Morgan fingerprint density at radius 3 is 2.50 bits per heavy atom. The Morgan fingerprint density at radius 2 is 2.00 bits per heavy atom. The summed E-state index contributed by atoms with van der Waals surface area (Å²) in [5.41, 5.74) is -0.381. The van der Waals surface area contributed by atoms with Crippen LogP contribution in [-0.4, -0.2) is 49.8 Å². The Bertz CT molecular complexity index is 240. The summed E-state index contributed by atoms with van der Waals surface area (Å²) in [6, 6.07) is 2.37. The van der Waals surface area contributed by atoms with E-state index in [-0.39, 0.29) is 5.54 Å². The van der Waals surface area contributed by atoms with Crippen LogP contribution in [0.25, 0.3) is 0 Å². The molecule has 0 spiro atoms. The molecule has 0 saturated heterocycles. The van der Waals surface area contributed by atoms with Crippen LogP contribution in [0.3, 0.4) is 0 Å². The molecule has 0 heterocycles. The van der Waals surface area contributed by atoms with Gasteiger partial charge in [0, 0.05) is 13.2 Å². The van der Waals surface area contributed by atoms with Gasteiger partial charge in [0.1, 0.15) is 5.54 Å². The number of nitrogens with one attached hydrogen (secondary N) is 1. The third-order valence-electron chi connectivity index (χ3n) is 3.17. The second-order valence-electron chi connectivity index (χ2n) is 4.71. The lowest BCUT2D eigenvalue weighted by Gasteiger charge is -2.25. The molecule has 0 aliphatic heterocycles. The fourth-order valence-electron chi connectivity index (χ4n) is 2.00. The molecule has 0 fully saturated rings. The Morgan fingerprint density at radius 1 is 1.28 bits per heavy atom. The zero-order chi connectivity index (χ0) is 13.9. The highest BCUT2D eigenvalue weighted by atomic mass is 16.5. The van der Waals surface area contributed by atoms with Gasteiger partial charge < -0.3 is 9.64 Å². The van der Waals surface area contributed by atoms with Crippen LogP contribution in [0.4, 0.5) is 0 Å². The Kier molecular flexibility index (Phi) is 9.95. The minimum atomic E-state index is -0.381. The van der Waals surface area contributed by atoms with Gasteiger partial charge in [0.25, 0.3) is 0 Å². The topological polar surface area (TPSA) is 48.3 Å². The average Bonchev–Trinajstić information content (AvgIpc) is 2.37. The van der Waals surface area contributed by atoms with Crippen LogP contribution in [-0.2, 0) is 4.74 Å². The lowest BCUT2D eigenvalue weighted by atomic mass is 9.97. The van der Waals surface area contributed by atoms with E-state index in [1.165, 1.54) is 0 Å². The lowest BCUT2D eigenvalue weighted by molar-refractivity contribution is 0.114. The van der Waals surface area contributed by atoms with Gasteiger partial charge in [0.2, 0.25) is 0 Å². The van der Waals surface area contributed by atoms with E-state index in [0.29, 0.717) is 0 Å². The van der Waals surface area contributed by atoms with E-state index >= 15 is 0 Å². The van der Waals surface area contributed by atoms with Gasteiger partial charge in [-0.3, -0.25) is 5.32 Å². The molecule has 18 heavy (non-hydrogen) atoms. The van der Waals surface area contributed by atoms with Crippen LogP contribution in [0.1, 0.15) is 40.5 Å². The quantitative estimate of drug-likeness (QED) is 0.574. The molecule has 0 saturated carbocycles. The fourth-order valence-corrected chi connectivity index (χ4v) is 2.00. The molecule has 0 radical (unpaired) electrons. The first-order valence-electron chi connectivity index (χ1n) is 7.08. The summed E-state index contributed by atoms with van der Waals surface area (Å²) < 4.78 is 5.37. The van der Waals surface area contributed by atoms with E-state index in [0.717, 1.165) is 52.2 Å². The summed E-state index contributed by atoms with van der Waals surface area (Å²) in [6.07, 6.45) is 1.93. The molecular formula is C14H29N3O. The van der Waals surface area contributed by atoms with Crippen molar-refractivity contribution >= 4 is 0 Å². The number of nitrogens with zero attached hydrogens (tertiary/aromatic N) is 2. The molecule has 0 amide bonds. The van der Waals surface area contributed by atoms with Crippen LogP contribution >= 0.6 is 0 Å². The van der Waals surface area contributed by atoms with Crippen LogP contribution < -0.4 is 5.32 Å². The maximum absolute atomic E-state index is 9.17. The second-order valence-corrected chi connectivity index (χ2v) is 4.71. The predicted octanol–water partition coefficient (Wildman–Crippen LogP) is 2.02. The van der Waals surface area contributed by atoms with Crippen molar-refractivity contribution in [1.82, 2.24) is 10.2 Å². The van der Waals surface area contributed by atoms with Crippen molar-refractivity contribution in [2.45, 2.75) is 46.1 Å². The largest absolute Gasteiger partial charge is 0.380 e. The zero-order valence-electron chi connectivity index (χ0n) is 12.5. The normalized spacial score (nSPS) is 14.4. The van der Waals surface area contributed by atoms with Crippen molar-refractivity contribution in [2.75, 3.05) is 39.4 Å². The summed E-state index contributed by atoms with van der Waals surface area (Å²) in [4.78, 5) is 2.37. The van der Waals surface area contributed by atoms with Gasteiger partial charge in [0.05, 0.1) is 12.7 Å². The Hall–Kier alpha value is -0.630. The highest BCUT2D eigenvalue weighted by Crippen LogP contribution is 2.11. The van der Waals surface area contributed by atoms with Gasteiger partial charge in [-0.15, -0.1) is 0 Å². The highest BCUT2D eigenvalue weighted by Gasteiger charge is 2.21. The monoisotopic (exact) mass is 255 g/mol. The van der Waals surface area contributed by atoms with Crippen molar-refractivity contribution < 1.29 is 4.74 Å². The molecule has 0 aromatic carbocycles. The maximum Gasteiger partial charge on any atom is 0.103 e. The summed E-state index contributed by atoms with van der Waals surface area (Å²) >= 11 is 0. The average molecular weight is 255 g/mol. The molecule has 1 N–H and O–H groups in total. The molecule has 0 aliphatic carbocycles. The summed E-state index contributed by atoms with van der Waals surface area (Å²) in [5, 5.41) is 12.4. The molecule has 0 rings (SSSR count). The van der Waals surface area contributed by atoms with Crippen molar-refractivity contribution in [2.24, 2.45) is 0 Å². The van der Waals surface area contributed by atoms with E-state index in [9.17, 15) is 0 Å². The van der Waals surface area contributed by atoms with E-state index in [4.69, 9.17) is 10.00 Å². The number of nitriles is 1. The molecular weight excluding hydrogens is 226 g/mol. The van der Waals surface area contributed by atoms with E-state index in [1.807, 2.05) is 20.8 Å². The number of hydrogen-bond donors (Lipinski definition) is 1. The van der Waals surface area contributed by atoms with Gasteiger partial charge in [-0.05, 0) is 46.3 Å². The minimum absolute atomic E-state index is 0.381. The third kappa shape index (κ3) is 7.65. The standard InChI is InChI=1S/C14H29N3O/c1-5-16-14(4,13-15)9-8-10-17(6-2)11-12-18-7-3/h16H,5-12H2,1-4H3. The molecule has 0 aliphatic rings. The van der Waals surface area contributed by atoms with Gasteiger partial charge in [0.15, 0.2) is 0 Å². The molecule has 1 atom stereocenters. The SMILES string of the molecule is CCNC(C)(C#N)CCCN(CC)CCOCC. The van der Waals surface area contributed by atoms with Crippen LogP contribution in [0.15, 0.2) is 0 Å². The van der Waals surface area contributed by atoms with Crippen molar-refractivity contribution in [3.63, 3.8) is 0 Å². The van der Waals surface area contributed by atoms with E-state index < -0.39 is 0 Å². The molecule has 1 unspecified atom stereocenters. The Balaban J connectivity index is 3.88. The van der Waals surface area contributed by atoms with Crippen molar-refractivity contribution in [3.05, 3.63) is 0 Å². The van der Waals surface area contributed by atoms with Crippen LogP contribution in [0, 0.1) is 11.3 Å². The van der Waals surface area contributed by atoms with Crippen LogP contribution in [0.5, 0.6) is 0 Å². The maximum atomic E-state index is 9.17. The van der Waals surface area contributed by atoms with Gasteiger partial charge in [-0.1, -0.05) is 13.8 Å². The van der Waals surface area contributed by atoms with Crippen molar-refractivity contribution in [3.8, 4) is 6.07 Å². The molecule has 0 bridgehead atoms. The molecule has 106 valence electrons. The number of hydrogen-bond acceptors (Lipinski definition) is 4. The smallest absolute Gasteiger partial charge is 0.103 e. The minimum Gasteiger partial charge on any atom is -0.380 e. The van der Waals surface area contributed by atoms with E-state index in [1.54, 1.807) is 0 Å². The molecule has 4 heteroatoms. The summed E-state index contributed by atoms with van der Waals surface area (Å²) in [6.45, 7) is 13.7. The second kappa shape index (κ2) is 10.3. The fraction of sp³-hybridized carbons (Fsp3) is 0.929. The first kappa shape index (κ1) is 17.4. The van der Waals surface area contributed by atoms with Gasteiger partial charge in [-0.25, -0.2) is 0 Å². The number of rotatable bonds is 11. The number of ether oxygens (including phenoxy) is 1. The Labute approximate surface area is 112 Å². The molecule has 4 nitrogen and oxygen atoms in total. The number of likely N-dealkylation sites (N-methyl/N-ethyl adjacent to an activating group) is 1. The summed E-state index contributed by atoms with van der Waals surface area (Å²) in [5.74, 6) is 0. The summed E-state index contributed by atoms with van der Waals surface area (Å²) in [7, 11) is 0. The van der Waals surface area contributed by atoms with Gasteiger partial charge >= 0.3 is 0 Å². The van der Waals surface area contributed by atoms with E-state index in [2.05, 4.69) is 23.2 Å². The molecule has 0 aromatic rings. The highest BCUT2D eigenvalue weighted by molar-refractivity contribution is 5.03. The van der Waals surface area contributed by atoms with Crippen LogP contribution in [0.2, 0.25) is 0 Å². The lowest BCUT2D eigenvalue weighted by Crippen LogP contribution is -2.41.